The Kier molecular flexibility index (Phi) is 6.86. The Morgan fingerprint density at radius 3 is 1.31 bits per heavy atom. The topological polar surface area (TPSA) is 29.5 Å². The van der Waals surface area contributed by atoms with Gasteiger partial charge in [-0.1, -0.05) is 84.9 Å². The van der Waals surface area contributed by atoms with E-state index in [9.17, 15) is 5.11 Å². The zero-order valence-electron chi connectivity index (χ0n) is 18.6. The molecule has 4 aromatic rings. The lowest BCUT2D eigenvalue weighted by Crippen LogP contribution is -2.38. The molecular weight excluding hydrogens is 411 g/mol. The zero-order valence-corrected chi connectivity index (χ0v) is 19.5. The Labute approximate surface area is 191 Å². The molecule has 1 atom stereocenters. The quantitative estimate of drug-likeness (QED) is 0.368. The van der Waals surface area contributed by atoms with Crippen LogP contribution in [0.5, 0.6) is 0 Å². The van der Waals surface area contributed by atoms with Gasteiger partial charge in [0, 0.05) is 5.56 Å². The highest BCUT2D eigenvalue weighted by atomic mass is 31.2. The zero-order chi connectivity index (χ0) is 22.4. The molecule has 0 spiro atoms. The van der Waals surface area contributed by atoms with Crippen molar-refractivity contribution in [2.45, 2.75) is 25.3 Å². The number of hydrogen-bond acceptors (Lipinski definition) is 2. The van der Waals surface area contributed by atoms with E-state index in [1.165, 1.54) is 15.9 Å². The van der Waals surface area contributed by atoms with Crippen LogP contribution in [0, 0.1) is 0 Å². The molecule has 0 amide bonds. The van der Waals surface area contributed by atoms with Crippen LogP contribution in [0.4, 0.5) is 0 Å². The summed E-state index contributed by atoms with van der Waals surface area (Å²) in [7, 11) is -2.30. The molecule has 0 aliphatic rings. The molecule has 1 N–H and O–H groups in total. The molecule has 0 fully saturated rings. The lowest BCUT2D eigenvalue weighted by molar-refractivity contribution is -0.0311. The van der Waals surface area contributed by atoms with E-state index in [1.807, 2.05) is 6.07 Å². The fraction of sp³-hybridized carbons (Fsp3) is 0.172. The van der Waals surface area contributed by atoms with Crippen molar-refractivity contribution in [2.75, 3.05) is 6.61 Å². The predicted molar refractivity (Wildman–Crippen MR) is 137 cm³/mol. The second-order valence-electron chi connectivity index (χ2n) is 8.62. The fourth-order valence-electron chi connectivity index (χ4n) is 4.17. The van der Waals surface area contributed by atoms with Gasteiger partial charge in [0.25, 0.3) is 0 Å². The molecule has 0 bridgehead atoms. The minimum absolute atomic E-state index is 0.237. The van der Waals surface area contributed by atoms with E-state index in [-0.39, 0.29) is 12.5 Å². The molecule has 32 heavy (non-hydrogen) atoms. The third-order valence-electron chi connectivity index (χ3n) is 5.52. The summed E-state index contributed by atoms with van der Waals surface area (Å²) >= 11 is 0. The van der Waals surface area contributed by atoms with Gasteiger partial charge in [-0.25, -0.2) is 0 Å². The van der Waals surface area contributed by atoms with Crippen molar-refractivity contribution in [2.24, 2.45) is 0 Å². The van der Waals surface area contributed by atoms with Crippen LogP contribution in [0.3, 0.4) is 0 Å². The maximum Gasteiger partial charge on any atom is 0.207 e. The minimum Gasteiger partial charge on any atom is -0.388 e. The maximum absolute atomic E-state index is 10.6. The smallest absolute Gasteiger partial charge is 0.207 e. The number of rotatable bonds is 8. The van der Waals surface area contributed by atoms with Gasteiger partial charge in [0.15, 0.2) is 0 Å². The van der Waals surface area contributed by atoms with Crippen molar-refractivity contribution in [3.63, 3.8) is 0 Å². The van der Waals surface area contributed by atoms with E-state index >= 15 is 0 Å². The first kappa shape index (κ1) is 22.4. The SMILES string of the molecule is CC(C)(O)COC(c1ccccc1)[P+](c1ccccc1)(c1ccccc1)c1ccccc1. The maximum atomic E-state index is 10.6. The lowest BCUT2D eigenvalue weighted by atomic mass is 10.2. The lowest BCUT2D eigenvalue weighted by Gasteiger charge is -2.35. The summed E-state index contributed by atoms with van der Waals surface area (Å²) in [6.45, 7) is 3.83. The molecule has 4 aromatic carbocycles. The first-order valence-corrected chi connectivity index (χ1v) is 12.8. The third-order valence-corrected chi connectivity index (χ3v) is 10.0. The van der Waals surface area contributed by atoms with Gasteiger partial charge in [0.1, 0.15) is 23.2 Å². The molecule has 3 heteroatoms. The summed E-state index contributed by atoms with van der Waals surface area (Å²) in [5, 5.41) is 14.3. The molecule has 0 saturated heterocycles. The Morgan fingerprint density at radius 1 is 0.625 bits per heavy atom. The second-order valence-corrected chi connectivity index (χ2v) is 12.1. The Hall–Kier alpha value is -2.77. The van der Waals surface area contributed by atoms with Gasteiger partial charge in [-0.05, 0) is 50.2 Å². The van der Waals surface area contributed by atoms with Crippen LogP contribution in [-0.4, -0.2) is 17.3 Å². The number of aliphatic hydroxyl groups is 1. The first-order valence-electron chi connectivity index (χ1n) is 11.0. The molecule has 162 valence electrons. The van der Waals surface area contributed by atoms with Crippen molar-refractivity contribution in [1.29, 1.82) is 0 Å². The van der Waals surface area contributed by atoms with Gasteiger partial charge in [-0.2, -0.15) is 0 Å². The molecule has 0 aliphatic heterocycles. The van der Waals surface area contributed by atoms with Crippen LogP contribution in [0.25, 0.3) is 0 Å². The van der Waals surface area contributed by atoms with Crippen LogP contribution < -0.4 is 15.9 Å². The molecule has 0 saturated carbocycles. The highest BCUT2D eigenvalue weighted by Crippen LogP contribution is 2.67. The fourth-order valence-corrected chi connectivity index (χ4v) is 8.73. The normalized spacial score (nSPS) is 13.0. The highest BCUT2D eigenvalue weighted by molar-refractivity contribution is 7.95. The largest absolute Gasteiger partial charge is 0.388 e. The van der Waals surface area contributed by atoms with Crippen molar-refractivity contribution >= 4 is 23.2 Å². The summed E-state index contributed by atoms with van der Waals surface area (Å²) in [5.41, 5.74) is 0.175. The van der Waals surface area contributed by atoms with Gasteiger partial charge >= 0.3 is 0 Å². The summed E-state index contributed by atoms with van der Waals surface area (Å²) in [5.74, 6) is -0.248. The monoisotopic (exact) mass is 441 g/mol. The van der Waals surface area contributed by atoms with Gasteiger partial charge < -0.3 is 9.84 Å². The van der Waals surface area contributed by atoms with Crippen molar-refractivity contribution in [3.8, 4) is 0 Å². The molecule has 0 heterocycles. The van der Waals surface area contributed by atoms with Crippen LogP contribution in [0.1, 0.15) is 25.3 Å². The van der Waals surface area contributed by atoms with E-state index in [0.29, 0.717) is 0 Å². The molecule has 0 radical (unpaired) electrons. The average molecular weight is 442 g/mol. The predicted octanol–water partition coefficient (Wildman–Crippen LogP) is 5.47. The number of ether oxygens (including phenoxy) is 1. The van der Waals surface area contributed by atoms with E-state index < -0.39 is 12.9 Å². The standard InChI is InChI=1S/C29H30O2P/c1-29(2,30)23-31-28(24-15-7-3-8-16-24)32(25-17-9-4-10-18-25,26-19-11-5-12-20-26)27-21-13-6-14-22-27/h3-22,28,30H,23H2,1-2H3/q+1. The number of benzene rings is 4. The molecule has 4 rings (SSSR count). The molecular formula is C29H30O2P+. The Balaban J connectivity index is 2.06. The van der Waals surface area contributed by atoms with Crippen LogP contribution in [0.15, 0.2) is 121 Å². The van der Waals surface area contributed by atoms with E-state index in [0.717, 1.165) is 5.56 Å². The van der Waals surface area contributed by atoms with Gasteiger partial charge in [0.05, 0.1) is 12.2 Å². The Bertz CT molecular complexity index is 995. The van der Waals surface area contributed by atoms with Gasteiger partial charge in [0.2, 0.25) is 5.85 Å². The van der Waals surface area contributed by atoms with Crippen molar-refractivity contribution in [3.05, 3.63) is 127 Å². The second kappa shape index (κ2) is 9.79. The van der Waals surface area contributed by atoms with E-state index in [1.54, 1.807) is 13.8 Å². The summed E-state index contributed by atoms with van der Waals surface area (Å²) in [4.78, 5) is 0. The highest BCUT2D eigenvalue weighted by Gasteiger charge is 2.54. The summed E-state index contributed by atoms with van der Waals surface area (Å²) in [6, 6.07) is 42.6. The average Bonchev–Trinajstić information content (AvgIpc) is 2.83. The number of hydrogen-bond donors (Lipinski definition) is 1. The molecule has 0 aliphatic carbocycles. The van der Waals surface area contributed by atoms with Crippen molar-refractivity contribution in [1.82, 2.24) is 0 Å². The van der Waals surface area contributed by atoms with Gasteiger partial charge in [-0.3, -0.25) is 0 Å². The third kappa shape index (κ3) is 4.69. The van der Waals surface area contributed by atoms with E-state index in [2.05, 4.69) is 115 Å². The van der Waals surface area contributed by atoms with Crippen molar-refractivity contribution < 1.29 is 9.84 Å². The van der Waals surface area contributed by atoms with Gasteiger partial charge in [-0.15, -0.1) is 0 Å². The summed E-state index contributed by atoms with van der Waals surface area (Å²) in [6.07, 6.45) is 0. The first-order chi connectivity index (χ1) is 15.5. The van der Waals surface area contributed by atoms with E-state index in [4.69, 9.17) is 4.74 Å². The minimum atomic E-state index is -2.30. The van der Waals surface area contributed by atoms with Crippen LogP contribution in [-0.2, 0) is 4.74 Å². The molecule has 0 aromatic heterocycles. The van der Waals surface area contributed by atoms with Crippen LogP contribution in [0.2, 0.25) is 0 Å². The van der Waals surface area contributed by atoms with Crippen LogP contribution >= 0.6 is 7.26 Å². The molecule has 1 unspecified atom stereocenters. The summed E-state index contributed by atoms with van der Waals surface area (Å²) < 4.78 is 6.72. The Morgan fingerprint density at radius 2 is 0.969 bits per heavy atom. The molecule has 2 nitrogen and oxygen atoms in total.